The molecule has 7 heteroatoms. The first kappa shape index (κ1) is 12.3. The summed E-state index contributed by atoms with van der Waals surface area (Å²) < 4.78 is 0. The molecule has 2 rings (SSSR count). The van der Waals surface area contributed by atoms with Crippen molar-refractivity contribution in [3.8, 4) is 0 Å². The second-order valence-corrected chi connectivity index (χ2v) is 4.95. The van der Waals surface area contributed by atoms with Crippen molar-refractivity contribution >= 4 is 23.5 Å². The Hall–Kier alpha value is -1.14. The van der Waals surface area contributed by atoms with E-state index in [0.717, 1.165) is 6.54 Å². The molecule has 0 atom stereocenters. The van der Waals surface area contributed by atoms with E-state index in [9.17, 15) is 0 Å². The molecule has 94 valence electrons. The van der Waals surface area contributed by atoms with Crippen molar-refractivity contribution in [2.45, 2.75) is 24.8 Å². The van der Waals surface area contributed by atoms with Crippen LogP contribution in [0.4, 0.5) is 11.9 Å². The van der Waals surface area contributed by atoms with Crippen LogP contribution >= 0.6 is 11.6 Å². The molecule has 1 aromatic rings. The summed E-state index contributed by atoms with van der Waals surface area (Å²) >= 11 is 5.72. The van der Waals surface area contributed by atoms with Crippen LogP contribution < -0.4 is 11.1 Å². The fourth-order valence-corrected chi connectivity index (χ4v) is 2.22. The van der Waals surface area contributed by atoms with E-state index in [2.05, 4.69) is 39.3 Å². The van der Waals surface area contributed by atoms with Crippen molar-refractivity contribution in [3.63, 3.8) is 0 Å². The maximum absolute atomic E-state index is 5.72. The molecule has 1 heterocycles. The smallest absolute Gasteiger partial charge is 0.228 e. The van der Waals surface area contributed by atoms with E-state index in [1.54, 1.807) is 0 Å². The lowest BCUT2D eigenvalue weighted by atomic mass is 9.75. The third kappa shape index (κ3) is 2.58. The van der Waals surface area contributed by atoms with Crippen molar-refractivity contribution in [2.75, 3.05) is 31.7 Å². The first-order valence-corrected chi connectivity index (χ1v) is 5.98. The number of nitrogens with two attached hydrogens (primary N) is 1. The summed E-state index contributed by atoms with van der Waals surface area (Å²) in [6.07, 6.45) is 3.63. The van der Waals surface area contributed by atoms with Gasteiger partial charge in [0, 0.05) is 12.1 Å². The zero-order chi connectivity index (χ0) is 12.5. The van der Waals surface area contributed by atoms with Crippen molar-refractivity contribution < 1.29 is 0 Å². The number of nitrogens with one attached hydrogen (secondary N) is 1. The standard InChI is InChI=1S/C10H17ClN6/c1-17(2)10(4-3-5-10)6-13-9-15-7(11)14-8(12)16-9/h3-6H2,1-2H3,(H3,12,13,14,15,16). The molecule has 0 amide bonds. The fraction of sp³-hybridized carbons (Fsp3) is 0.700. The molecule has 0 aromatic carbocycles. The molecule has 0 radical (unpaired) electrons. The molecule has 0 saturated heterocycles. The van der Waals surface area contributed by atoms with Gasteiger partial charge in [0.25, 0.3) is 0 Å². The molecule has 1 aliphatic carbocycles. The van der Waals surface area contributed by atoms with Crippen LogP contribution in [0.2, 0.25) is 5.28 Å². The molecule has 0 unspecified atom stereocenters. The molecule has 0 spiro atoms. The number of nitrogen functional groups attached to an aromatic ring is 1. The summed E-state index contributed by atoms with van der Waals surface area (Å²) in [5.41, 5.74) is 5.71. The molecule has 0 bridgehead atoms. The highest BCUT2D eigenvalue weighted by molar-refractivity contribution is 6.28. The monoisotopic (exact) mass is 256 g/mol. The zero-order valence-corrected chi connectivity index (χ0v) is 10.8. The highest BCUT2D eigenvalue weighted by atomic mass is 35.5. The Balaban J connectivity index is 2.02. The van der Waals surface area contributed by atoms with Crippen LogP contribution in [-0.2, 0) is 0 Å². The normalized spacial score (nSPS) is 17.9. The van der Waals surface area contributed by atoms with Crippen LogP contribution in [0.1, 0.15) is 19.3 Å². The second kappa shape index (κ2) is 4.62. The number of anilines is 2. The SMILES string of the molecule is CN(C)C1(CNc2nc(N)nc(Cl)n2)CCC1. The van der Waals surface area contributed by atoms with E-state index in [1.165, 1.54) is 19.3 Å². The first-order chi connectivity index (χ1) is 8.02. The molecule has 17 heavy (non-hydrogen) atoms. The predicted octanol–water partition coefficient (Wildman–Crippen LogP) is 1.00. The number of rotatable bonds is 4. The van der Waals surface area contributed by atoms with E-state index in [0.29, 0.717) is 5.95 Å². The van der Waals surface area contributed by atoms with Gasteiger partial charge < -0.3 is 16.0 Å². The minimum atomic E-state index is 0.118. The summed E-state index contributed by atoms with van der Waals surface area (Å²) in [6, 6.07) is 0. The van der Waals surface area contributed by atoms with Gasteiger partial charge in [-0.2, -0.15) is 15.0 Å². The Labute approximate surface area is 106 Å². The number of nitrogens with zero attached hydrogens (tertiary/aromatic N) is 4. The van der Waals surface area contributed by atoms with Gasteiger partial charge in [0.15, 0.2) is 0 Å². The lowest BCUT2D eigenvalue weighted by Gasteiger charge is -2.47. The van der Waals surface area contributed by atoms with Crippen molar-refractivity contribution in [2.24, 2.45) is 0 Å². The fourth-order valence-electron chi connectivity index (χ4n) is 2.06. The largest absolute Gasteiger partial charge is 0.368 e. The van der Waals surface area contributed by atoms with E-state index in [4.69, 9.17) is 17.3 Å². The van der Waals surface area contributed by atoms with Gasteiger partial charge in [-0.1, -0.05) is 0 Å². The number of hydrogen-bond acceptors (Lipinski definition) is 6. The van der Waals surface area contributed by atoms with Crippen molar-refractivity contribution in [3.05, 3.63) is 5.28 Å². The van der Waals surface area contributed by atoms with Crippen molar-refractivity contribution in [1.29, 1.82) is 0 Å². The number of aromatic nitrogens is 3. The van der Waals surface area contributed by atoms with Gasteiger partial charge in [0.05, 0.1) is 0 Å². The summed E-state index contributed by atoms with van der Waals surface area (Å²) in [5.74, 6) is 0.579. The van der Waals surface area contributed by atoms with Crippen LogP contribution in [0.15, 0.2) is 0 Å². The van der Waals surface area contributed by atoms with Gasteiger partial charge in [0.2, 0.25) is 17.2 Å². The van der Waals surface area contributed by atoms with E-state index >= 15 is 0 Å². The molecule has 1 aromatic heterocycles. The van der Waals surface area contributed by atoms with E-state index in [-0.39, 0.29) is 16.8 Å². The van der Waals surface area contributed by atoms with Gasteiger partial charge in [-0.05, 0) is 45.0 Å². The summed E-state index contributed by atoms with van der Waals surface area (Å²) in [5, 5.41) is 3.30. The molecular formula is C10H17ClN6. The number of hydrogen-bond donors (Lipinski definition) is 2. The maximum Gasteiger partial charge on any atom is 0.228 e. The Kier molecular flexibility index (Phi) is 3.35. The van der Waals surface area contributed by atoms with E-state index in [1.807, 2.05) is 0 Å². The topological polar surface area (TPSA) is 80.0 Å². The van der Waals surface area contributed by atoms with E-state index < -0.39 is 0 Å². The van der Waals surface area contributed by atoms with Crippen LogP contribution in [0.5, 0.6) is 0 Å². The Morgan fingerprint density at radius 1 is 1.35 bits per heavy atom. The minimum Gasteiger partial charge on any atom is -0.368 e. The summed E-state index contributed by atoms with van der Waals surface area (Å²) in [7, 11) is 4.19. The highest BCUT2D eigenvalue weighted by Crippen LogP contribution is 2.36. The summed E-state index contributed by atoms with van der Waals surface area (Å²) in [4.78, 5) is 13.9. The first-order valence-electron chi connectivity index (χ1n) is 5.60. The average molecular weight is 257 g/mol. The molecule has 6 nitrogen and oxygen atoms in total. The second-order valence-electron chi connectivity index (χ2n) is 4.61. The lowest BCUT2D eigenvalue weighted by Crippen LogP contribution is -2.54. The van der Waals surface area contributed by atoms with Gasteiger partial charge in [-0.25, -0.2) is 0 Å². The predicted molar refractivity (Wildman–Crippen MR) is 68.0 cm³/mol. The zero-order valence-electron chi connectivity index (χ0n) is 10.1. The Morgan fingerprint density at radius 3 is 2.53 bits per heavy atom. The third-order valence-electron chi connectivity index (χ3n) is 3.43. The molecule has 1 aliphatic rings. The van der Waals surface area contributed by atoms with Crippen LogP contribution in [0.3, 0.4) is 0 Å². The van der Waals surface area contributed by atoms with Crippen LogP contribution in [0.25, 0.3) is 0 Å². The molecule has 0 aliphatic heterocycles. The van der Waals surface area contributed by atoms with Crippen molar-refractivity contribution in [1.82, 2.24) is 19.9 Å². The van der Waals surface area contributed by atoms with Gasteiger partial charge in [-0.3, -0.25) is 0 Å². The third-order valence-corrected chi connectivity index (χ3v) is 3.60. The quantitative estimate of drug-likeness (QED) is 0.837. The number of likely N-dealkylation sites (N-methyl/N-ethyl adjacent to an activating group) is 1. The van der Waals surface area contributed by atoms with Crippen LogP contribution in [0, 0.1) is 0 Å². The average Bonchev–Trinajstić information content (AvgIpc) is 2.13. The van der Waals surface area contributed by atoms with Gasteiger partial charge in [0.1, 0.15) is 0 Å². The molecular weight excluding hydrogens is 240 g/mol. The molecule has 1 saturated carbocycles. The Bertz CT molecular complexity index is 384. The van der Waals surface area contributed by atoms with Crippen LogP contribution in [-0.4, -0.2) is 46.0 Å². The molecule has 3 N–H and O–H groups in total. The highest BCUT2D eigenvalue weighted by Gasteiger charge is 2.38. The Morgan fingerprint density at radius 2 is 2.06 bits per heavy atom. The maximum atomic E-state index is 5.72. The lowest BCUT2D eigenvalue weighted by molar-refractivity contribution is 0.0737. The number of halogens is 1. The van der Waals surface area contributed by atoms with Gasteiger partial charge >= 0.3 is 0 Å². The summed E-state index contributed by atoms with van der Waals surface area (Å²) in [6.45, 7) is 0.791. The van der Waals surface area contributed by atoms with Gasteiger partial charge in [-0.15, -0.1) is 0 Å². The minimum absolute atomic E-state index is 0.118. The molecule has 1 fully saturated rings.